The summed E-state index contributed by atoms with van der Waals surface area (Å²) in [6, 6.07) is 0.318. The van der Waals surface area contributed by atoms with Crippen molar-refractivity contribution in [1.82, 2.24) is 14.9 Å². The van der Waals surface area contributed by atoms with Gasteiger partial charge in [0.2, 0.25) is 11.9 Å². The third-order valence-electron chi connectivity index (χ3n) is 4.89. The zero-order valence-electron chi connectivity index (χ0n) is 16.0. The third-order valence-corrected chi connectivity index (χ3v) is 4.89. The van der Waals surface area contributed by atoms with Gasteiger partial charge in [0.15, 0.2) is 0 Å². The van der Waals surface area contributed by atoms with Crippen LogP contribution in [-0.2, 0) is 22.6 Å². The Hall–Kier alpha value is -2.65. The van der Waals surface area contributed by atoms with E-state index in [4.69, 9.17) is 11.2 Å². The molecule has 1 aliphatic carbocycles. The molecule has 1 aliphatic heterocycles. The monoisotopic (exact) mass is 366 g/mol. The van der Waals surface area contributed by atoms with Gasteiger partial charge in [-0.05, 0) is 32.3 Å². The Labute approximate surface area is 160 Å². The first-order valence-corrected chi connectivity index (χ1v) is 9.32. The molecule has 27 heavy (non-hydrogen) atoms. The lowest BCUT2D eigenvalue weighted by molar-refractivity contribution is -0.136. The van der Waals surface area contributed by atoms with Crippen LogP contribution in [0.4, 0.5) is 5.95 Å². The summed E-state index contributed by atoms with van der Waals surface area (Å²) in [6.45, 7) is 5.70. The number of terminal acetylenes is 1. The molecule has 1 aromatic rings. The Bertz CT molecular complexity index is 807. The molecule has 6 nitrogen and oxygen atoms in total. The van der Waals surface area contributed by atoms with E-state index in [0.717, 1.165) is 24.1 Å². The van der Waals surface area contributed by atoms with Crippen molar-refractivity contribution >= 4 is 11.9 Å². The number of allylic oxidation sites excluding steroid dienone is 2. The van der Waals surface area contributed by atoms with E-state index < -0.39 is 0 Å². The maximum atomic E-state index is 12.2. The molecule has 0 saturated heterocycles. The van der Waals surface area contributed by atoms with E-state index in [1.54, 1.807) is 4.90 Å². The number of carbonyl (C=O) groups excluding carboxylic acids is 1. The van der Waals surface area contributed by atoms with Crippen LogP contribution in [0.15, 0.2) is 29.5 Å². The summed E-state index contributed by atoms with van der Waals surface area (Å²) in [5, 5.41) is 3.44. The highest BCUT2D eigenvalue weighted by Crippen LogP contribution is 2.29. The molecular weight excluding hydrogens is 340 g/mol. The van der Waals surface area contributed by atoms with Gasteiger partial charge in [0.05, 0.1) is 18.8 Å². The normalized spacial score (nSPS) is 18.9. The van der Waals surface area contributed by atoms with E-state index in [1.165, 1.54) is 11.1 Å². The Morgan fingerprint density at radius 3 is 3.11 bits per heavy atom. The second-order valence-electron chi connectivity index (χ2n) is 6.98. The van der Waals surface area contributed by atoms with Crippen molar-refractivity contribution in [1.29, 1.82) is 0 Å². The molecule has 142 valence electrons. The van der Waals surface area contributed by atoms with E-state index in [0.29, 0.717) is 38.1 Å². The molecule has 6 heteroatoms. The van der Waals surface area contributed by atoms with Crippen LogP contribution in [0.1, 0.15) is 44.4 Å². The number of anilines is 1. The number of aromatic nitrogens is 2. The molecule has 2 heterocycles. The van der Waals surface area contributed by atoms with E-state index in [2.05, 4.69) is 40.3 Å². The molecule has 0 radical (unpaired) electrons. The molecule has 0 aromatic carbocycles. The molecule has 1 N–H and O–H groups in total. The second-order valence-corrected chi connectivity index (χ2v) is 6.98. The maximum Gasteiger partial charge on any atom is 0.249 e. The van der Waals surface area contributed by atoms with Crippen LogP contribution in [0.3, 0.4) is 0 Å². The van der Waals surface area contributed by atoms with Crippen molar-refractivity contribution in [2.75, 3.05) is 18.5 Å². The molecular formula is C21H26N4O2. The number of ether oxygens (including phenoxy) is 1. The van der Waals surface area contributed by atoms with Crippen LogP contribution in [0.2, 0.25) is 0 Å². The van der Waals surface area contributed by atoms with Crippen LogP contribution >= 0.6 is 0 Å². The van der Waals surface area contributed by atoms with Crippen LogP contribution in [-0.4, -0.2) is 40.0 Å². The van der Waals surface area contributed by atoms with Crippen molar-refractivity contribution in [2.45, 2.75) is 52.2 Å². The molecule has 0 saturated carbocycles. The van der Waals surface area contributed by atoms with Gasteiger partial charge in [0.25, 0.3) is 0 Å². The van der Waals surface area contributed by atoms with Crippen molar-refractivity contribution in [3.63, 3.8) is 0 Å². The first-order valence-electron chi connectivity index (χ1n) is 9.32. The van der Waals surface area contributed by atoms with Gasteiger partial charge in [-0.1, -0.05) is 17.7 Å². The second kappa shape index (κ2) is 8.83. The highest BCUT2D eigenvalue weighted by molar-refractivity contribution is 5.78. The predicted molar refractivity (Wildman–Crippen MR) is 105 cm³/mol. The first-order chi connectivity index (χ1) is 13.1. The van der Waals surface area contributed by atoms with Gasteiger partial charge in [-0.2, -0.15) is 0 Å². The summed E-state index contributed by atoms with van der Waals surface area (Å²) < 4.78 is 5.31. The minimum atomic E-state index is -0.0499. The van der Waals surface area contributed by atoms with Gasteiger partial charge in [0.1, 0.15) is 6.61 Å². The number of hydrogen-bond acceptors (Lipinski definition) is 5. The Kier molecular flexibility index (Phi) is 6.25. The molecule has 0 bridgehead atoms. The fraction of sp³-hybridized carbons (Fsp3) is 0.476. The van der Waals surface area contributed by atoms with Crippen LogP contribution in [0.5, 0.6) is 0 Å². The van der Waals surface area contributed by atoms with Gasteiger partial charge < -0.3 is 15.0 Å². The summed E-state index contributed by atoms with van der Waals surface area (Å²) in [5.41, 5.74) is 4.69. The standard InChI is InChI=1S/C21H26N4O2/c1-4-6-8-27-14-20(26)25-12-17-11-22-21(24-19(17)13-25)23-18-9-15(3)16(10-18)7-5-2/h1,5,7,11,18H,6,8-10,12-14H2,2-3H3,(H,22,23,24). The van der Waals surface area contributed by atoms with Gasteiger partial charge >= 0.3 is 0 Å². The average Bonchev–Trinajstić information content (AvgIpc) is 3.22. The summed E-state index contributed by atoms with van der Waals surface area (Å²) >= 11 is 0. The van der Waals surface area contributed by atoms with Gasteiger partial charge in [0, 0.05) is 30.8 Å². The van der Waals surface area contributed by atoms with Crippen molar-refractivity contribution in [2.24, 2.45) is 0 Å². The molecule has 1 amide bonds. The smallest absolute Gasteiger partial charge is 0.249 e. The van der Waals surface area contributed by atoms with Crippen LogP contribution < -0.4 is 5.32 Å². The van der Waals surface area contributed by atoms with Crippen molar-refractivity contribution in [3.8, 4) is 12.3 Å². The molecule has 1 atom stereocenters. The molecule has 1 aromatic heterocycles. The van der Waals surface area contributed by atoms with E-state index >= 15 is 0 Å². The fourth-order valence-corrected chi connectivity index (χ4v) is 3.49. The quantitative estimate of drug-likeness (QED) is 0.594. The highest BCUT2D eigenvalue weighted by Gasteiger charge is 2.26. The van der Waals surface area contributed by atoms with E-state index in [1.807, 2.05) is 13.1 Å². The highest BCUT2D eigenvalue weighted by atomic mass is 16.5. The van der Waals surface area contributed by atoms with Crippen LogP contribution in [0.25, 0.3) is 0 Å². The molecule has 2 aliphatic rings. The summed E-state index contributed by atoms with van der Waals surface area (Å²) in [7, 11) is 0. The summed E-state index contributed by atoms with van der Waals surface area (Å²) in [5.74, 6) is 3.07. The number of amides is 1. The number of nitrogens with one attached hydrogen (secondary N) is 1. The minimum absolute atomic E-state index is 0.0499. The van der Waals surface area contributed by atoms with Gasteiger partial charge in [-0.15, -0.1) is 12.3 Å². The van der Waals surface area contributed by atoms with Gasteiger partial charge in [-0.25, -0.2) is 9.97 Å². The molecule has 3 rings (SSSR count). The minimum Gasteiger partial charge on any atom is -0.371 e. The summed E-state index contributed by atoms with van der Waals surface area (Å²) in [4.78, 5) is 23.1. The Morgan fingerprint density at radius 1 is 1.48 bits per heavy atom. The zero-order valence-corrected chi connectivity index (χ0v) is 16.0. The lowest BCUT2D eigenvalue weighted by atomic mass is 10.1. The first kappa shape index (κ1) is 19.1. The number of fused-ring (bicyclic) bond motifs is 1. The SMILES string of the molecule is C#CCCOCC(=O)N1Cc2cnc(NC3CC(C)=C(C=CC)C3)nc2C1. The number of rotatable bonds is 7. The maximum absolute atomic E-state index is 12.2. The van der Waals surface area contributed by atoms with Crippen LogP contribution in [0, 0.1) is 12.3 Å². The van der Waals surface area contributed by atoms with Crippen molar-refractivity contribution in [3.05, 3.63) is 40.8 Å². The Balaban J connectivity index is 1.54. The lowest BCUT2D eigenvalue weighted by Crippen LogP contribution is -2.29. The predicted octanol–water partition coefficient (Wildman–Crippen LogP) is 2.83. The third kappa shape index (κ3) is 4.75. The molecule has 0 fully saturated rings. The lowest BCUT2D eigenvalue weighted by Gasteiger charge is -2.14. The zero-order chi connectivity index (χ0) is 19.2. The van der Waals surface area contributed by atoms with E-state index in [9.17, 15) is 4.79 Å². The topological polar surface area (TPSA) is 67.3 Å². The number of nitrogens with zero attached hydrogens (tertiary/aromatic N) is 3. The van der Waals surface area contributed by atoms with Gasteiger partial charge in [-0.3, -0.25) is 4.79 Å². The van der Waals surface area contributed by atoms with E-state index in [-0.39, 0.29) is 12.5 Å². The number of carbonyl (C=O) groups is 1. The number of hydrogen-bond donors (Lipinski definition) is 1. The largest absolute Gasteiger partial charge is 0.371 e. The summed E-state index contributed by atoms with van der Waals surface area (Å²) in [6.07, 6.45) is 13.7. The van der Waals surface area contributed by atoms with Crippen molar-refractivity contribution < 1.29 is 9.53 Å². The average molecular weight is 366 g/mol. The molecule has 0 spiro atoms. The molecule has 1 unspecified atom stereocenters. The Morgan fingerprint density at radius 2 is 2.33 bits per heavy atom. The fourth-order valence-electron chi connectivity index (χ4n) is 3.49.